The number of phenolic OH excluding ortho intramolecular Hbond substituents is 1. The molecule has 22 nitrogen and oxygen atoms in total. The van der Waals surface area contributed by atoms with E-state index in [0.717, 1.165) is 36.4 Å². The van der Waals surface area contributed by atoms with Crippen molar-refractivity contribution >= 4 is 66.2 Å². The SMILES string of the molecule is O=C1/C(=N\Nc2ccc([N+](=O)[O-])cc2)C(S(=O)(=O)O)=Cc2ccc(N/N=c3\c(=O)cc/c(=N/Nc4cc(S(=O)(=O)O)cc([N+](=O)[O-])c4O)c3=O)cc21. The molecule has 0 aliphatic heterocycles. The van der Waals surface area contributed by atoms with Crippen molar-refractivity contribution in [1.29, 1.82) is 0 Å². The van der Waals surface area contributed by atoms with Gasteiger partial charge in [0.2, 0.25) is 22.4 Å². The van der Waals surface area contributed by atoms with Gasteiger partial charge in [-0.15, -0.1) is 0 Å². The molecule has 0 saturated carbocycles. The van der Waals surface area contributed by atoms with Gasteiger partial charge in [-0.1, -0.05) is 6.07 Å². The van der Waals surface area contributed by atoms with E-state index in [9.17, 15) is 65.7 Å². The first-order valence-electron chi connectivity index (χ1n) is 13.7. The van der Waals surface area contributed by atoms with Gasteiger partial charge in [-0.2, -0.15) is 32.1 Å². The van der Waals surface area contributed by atoms with Gasteiger partial charge >= 0.3 is 5.69 Å². The number of hydrogen-bond acceptors (Lipinski definition) is 18. The third-order valence-electron chi connectivity index (χ3n) is 6.91. The summed E-state index contributed by atoms with van der Waals surface area (Å²) in [7, 11) is -9.99. The zero-order chi connectivity index (χ0) is 38.1. The van der Waals surface area contributed by atoms with E-state index in [1.807, 2.05) is 0 Å². The second kappa shape index (κ2) is 13.7. The van der Waals surface area contributed by atoms with E-state index in [0.29, 0.717) is 12.1 Å². The Kier molecular flexibility index (Phi) is 9.56. The van der Waals surface area contributed by atoms with Crippen molar-refractivity contribution in [2.75, 3.05) is 16.3 Å². The Bertz CT molecular complexity index is 2740. The van der Waals surface area contributed by atoms with E-state index in [1.54, 1.807) is 0 Å². The number of anilines is 3. The second-order valence-corrected chi connectivity index (χ2v) is 13.1. The first-order chi connectivity index (χ1) is 24.3. The lowest BCUT2D eigenvalue weighted by atomic mass is 9.94. The number of aromatic hydroxyl groups is 1. The van der Waals surface area contributed by atoms with Crippen LogP contribution in [0.25, 0.3) is 6.08 Å². The summed E-state index contributed by atoms with van der Waals surface area (Å²) >= 11 is 0. The number of non-ortho nitro benzene ring substituents is 1. The minimum Gasteiger partial charge on any atom is -0.501 e. The number of fused-ring (bicyclic) bond motifs is 1. The number of rotatable bonds is 10. The van der Waals surface area contributed by atoms with Gasteiger partial charge in [0.05, 0.1) is 21.2 Å². The first kappa shape index (κ1) is 36.3. The highest BCUT2D eigenvalue weighted by Crippen LogP contribution is 2.36. The average molecular weight is 755 g/mol. The van der Waals surface area contributed by atoms with Gasteiger partial charge in [-0.05, 0) is 54.1 Å². The molecule has 0 aromatic heterocycles. The number of hydrazone groups is 1. The first-order valence-corrected chi connectivity index (χ1v) is 16.6. The molecule has 0 saturated heterocycles. The lowest BCUT2D eigenvalue weighted by molar-refractivity contribution is -0.386. The van der Waals surface area contributed by atoms with Crippen LogP contribution in [0, 0.1) is 20.2 Å². The van der Waals surface area contributed by atoms with Crippen LogP contribution in [-0.4, -0.2) is 52.4 Å². The zero-order valence-electron chi connectivity index (χ0n) is 25.3. The highest BCUT2D eigenvalue weighted by molar-refractivity contribution is 7.91. The van der Waals surface area contributed by atoms with E-state index in [-0.39, 0.29) is 28.2 Å². The largest absolute Gasteiger partial charge is 0.501 e. The number of ketones is 1. The van der Waals surface area contributed by atoms with Crippen LogP contribution >= 0.6 is 0 Å². The molecule has 0 unspecified atom stereocenters. The molecule has 0 spiro atoms. The minimum atomic E-state index is -5.00. The molecule has 6 N–H and O–H groups in total. The third-order valence-corrected chi connectivity index (χ3v) is 8.61. The molecule has 266 valence electrons. The number of nitrogens with zero attached hydrogens (tertiary/aromatic N) is 5. The Labute approximate surface area is 287 Å². The van der Waals surface area contributed by atoms with Gasteiger partial charge < -0.3 is 5.11 Å². The van der Waals surface area contributed by atoms with E-state index in [2.05, 4.69) is 31.6 Å². The number of hydrogen-bond donors (Lipinski definition) is 6. The van der Waals surface area contributed by atoms with Gasteiger partial charge in [0.1, 0.15) is 20.8 Å². The predicted molar refractivity (Wildman–Crippen MR) is 179 cm³/mol. The zero-order valence-corrected chi connectivity index (χ0v) is 26.9. The van der Waals surface area contributed by atoms with Crippen molar-refractivity contribution in [3.05, 3.63) is 134 Å². The molecule has 0 bridgehead atoms. The summed E-state index contributed by atoms with van der Waals surface area (Å²) < 4.78 is 66.4. The fourth-order valence-corrected chi connectivity index (χ4v) is 5.61. The van der Waals surface area contributed by atoms with Crippen molar-refractivity contribution in [2.24, 2.45) is 15.3 Å². The van der Waals surface area contributed by atoms with Gasteiger partial charge in [0, 0.05) is 23.8 Å². The Balaban J connectivity index is 1.48. The maximum atomic E-state index is 13.4. The van der Waals surface area contributed by atoms with Crippen molar-refractivity contribution in [1.82, 2.24) is 0 Å². The molecule has 1 aliphatic rings. The summed E-state index contributed by atoms with van der Waals surface area (Å²) in [6, 6.07) is 11.1. The summed E-state index contributed by atoms with van der Waals surface area (Å²) in [6.07, 6.45) is 0.949. The Morgan fingerprint density at radius 1 is 0.712 bits per heavy atom. The van der Waals surface area contributed by atoms with Crippen LogP contribution in [0.3, 0.4) is 0 Å². The molecule has 0 atom stereocenters. The number of carbonyl (C=O) groups is 1. The molecule has 5 rings (SSSR count). The molecule has 24 heteroatoms. The van der Waals surface area contributed by atoms with Crippen LogP contribution in [0.2, 0.25) is 0 Å². The predicted octanol–water partition coefficient (Wildman–Crippen LogP) is 0.800. The summed E-state index contributed by atoms with van der Waals surface area (Å²) in [5.74, 6) is -2.11. The molecule has 4 aromatic rings. The third kappa shape index (κ3) is 7.58. The molecular weight excluding hydrogens is 736 g/mol. The summed E-state index contributed by atoms with van der Waals surface area (Å²) in [6.45, 7) is 0. The molecule has 0 amide bonds. The average Bonchev–Trinajstić information content (AvgIpc) is 3.07. The number of nitrogens with one attached hydrogen (secondary N) is 3. The monoisotopic (exact) mass is 754 g/mol. The van der Waals surface area contributed by atoms with Crippen LogP contribution in [0.15, 0.2) is 101 Å². The molecule has 1 aliphatic carbocycles. The van der Waals surface area contributed by atoms with Crippen LogP contribution in [0.1, 0.15) is 15.9 Å². The van der Waals surface area contributed by atoms with Gasteiger partial charge in [-0.3, -0.25) is 60.0 Å². The van der Waals surface area contributed by atoms with Gasteiger partial charge in [0.15, 0.2) is 11.1 Å². The molecule has 0 fully saturated rings. The Hall–Kier alpha value is -7.02. The van der Waals surface area contributed by atoms with Crippen LogP contribution in [-0.2, 0) is 20.2 Å². The number of benzene rings is 4. The fraction of sp³-hybridized carbons (Fsp3) is 0. The van der Waals surface area contributed by atoms with Gasteiger partial charge in [0.25, 0.3) is 25.9 Å². The van der Waals surface area contributed by atoms with Gasteiger partial charge in [-0.25, -0.2) is 0 Å². The topological polar surface area (TPSA) is 340 Å². The maximum Gasteiger partial charge on any atom is 0.314 e. The highest BCUT2D eigenvalue weighted by Gasteiger charge is 2.33. The summed E-state index contributed by atoms with van der Waals surface area (Å²) in [5.41, 5.74) is 1.90. The van der Waals surface area contributed by atoms with Crippen LogP contribution < -0.4 is 37.8 Å². The number of nitro groups is 2. The highest BCUT2D eigenvalue weighted by atomic mass is 32.2. The maximum absolute atomic E-state index is 13.4. The smallest absolute Gasteiger partial charge is 0.314 e. The van der Waals surface area contributed by atoms with Crippen molar-refractivity contribution < 1.29 is 45.7 Å². The molecule has 52 heavy (non-hydrogen) atoms. The lowest BCUT2D eigenvalue weighted by Crippen LogP contribution is -2.48. The number of phenols is 1. The summed E-state index contributed by atoms with van der Waals surface area (Å²) in [5, 5.41) is 42.2. The van der Waals surface area contributed by atoms with Crippen molar-refractivity contribution in [3.8, 4) is 5.75 Å². The standard InChI is InChI=1S/C28H18N8O14S2/c37-22-8-7-19(31-32-20-11-17(51(45,46)47)12-21(27(20)39)36(43)44)28(40)24(22)33-30-15-2-1-13-9-23(52(48,49)50)25(26(38)18(13)10-15)34-29-14-3-5-16(6-4-14)35(41)42/h1-12,29-30,32,39H,(H,45,46,47)(H,48,49,50)/b31-19-,33-24+,34-25-. The Morgan fingerprint density at radius 2 is 1.37 bits per heavy atom. The number of carbonyl (C=O) groups excluding carboxylic acids is 1. The van der Waals surface area contributed by atoms with Crippen LogP contribution in [0.5, 0.6) is 5.75 Å². The van der Waals surface area contributed by atoms with E-state index in [1.165, 1.54) is 24.3 Å². The van der Waals surface area contributed by atoms with E-state index < -0.39 is 90.1 Å². The minimum absolute atomic E-state index is 0.0138. The number of Topliss-reactive ketones (excluding diaryl/α,β-unsaturated/α-hetero) is 1. The van der Waals surface area contributed by atoms with Crippen molar-refractivity contribution in [2.45, 2.75) is 4.90 Å². The fourth-order valence-electron chi connectivity index (χ4n) is 4.42. The quantitative estimate of drug-likeness (QED) is 0.0564. The number of nitro benzene ring substituents is 2. The van der Waals surface area contributed by atoms with Crippen molar-refractivity contribution in [3.63, 3.8) is 0 Å². The molecule has 0 radical (unpaired) electrons. The number of allylic oxidation sites excluding steroid dienone is 1. The normalized spacial score (nSPS) is 14.5. The molecule has 4 aromatic carbocycles. The Morgan fingerprint density at radius 3 is 1.98 bits per heavy atom. The summed E-state index contributed by atoms with van der Waals surface area (Å²) in [4.78, 5) is 57.5. The molecular formula is C28H18N8O14S2. The molecule has 0 heterocycles. The van der Waals surface area contributed by atoms with Crippen LogP contribution in [0.4, 0.5) is 28.4 Å². The second-order valence-electron chi connectivity index (χ2n) is 10.3. The van der Waals surface area contributed by atoms with E-state index >= 15 is 0 Å². The lowest BCUT2D eigenvalue weighted by Gasteiger charge is -2.17. The van der Waals surface area contributed by atoms with E-state index in [4.69, 9.17) is 0 Å².